The first-order chi connectivity index (χ1) is 7.93. The molecule has 0 radical (unpaired) electrons. The predicted molar refractivity (Wildman–Crippen MR) is 63.9 cm³/mol. The maximum Gasteiger partial charge on any atom is 0.323 e. The highest BCUT2D eigenvalue weighted by molar-refractivity contribution is 5.78. The number of hydrogen-bond acceptors (Lipinski definition) is 3. The Labute approximate surface area is 102 Å². The van der Waals surface area contributed by atoms with E-state index in [1.54, 1.807) is 26.0 Å². The third kappa shape index (κ3) is 3.59. The maximum absolute atomic E-state index is 11.6. The SMILES string of the molecule is CN(C)C(=O)NC1CCCCN(C)C1C(=O)O. The van der Waals surface area contributed by atoms with Crippen LogP contribution < -0.4 is 5.32 Å². The van der Waals surface area contributed by atoms with E-state index in [1.807, 2.05) is 0 Å². The fraction of sp³-hybridized carbons (Fsp3) is 0.818. The summed E-state index contributed by atoms with van der Waals surface area (Å²) in [6, 6.07) is -1.20. The van der Waals surface area contributed by atoms with Gasteiger partial charge in [-0.25, -0.2) is 4.79 Å². The van der Waals surface area contributed by atoms with Crippen LogP contribution in [0.5, 0.6) is 0 Å². The number of carboxylic acid groups (broad SMARTS) is 1. The number of carboxylic acids is 1. The monoisotopic (exact) mass is 243 g/mol. The highest BCUT2D eigenvalue weighted by atomic mass is 16.4. The molecule has 6 heteroatoms. The van der Waals surface area contributed by atoms with E-state index >= 15 is 0 Å². The summed E-state index contributed by atoms with van der Waals surface area (Å²) in [5.41, 5.74) is 0. The zero-order valence-electron chi connectivity index (χ0n) is 10.6. The molecule has 17 heavy (non-hydrogen) atoms. The number of amides is 2. The summed E-state index contributed by atoms with van der Waals surface area (Å²) in [6.07, 6.45) is 2.61. The minimum absolute atomic E-state index is 0.239. The van der Waals surface area contributed by atoms with Crippen LogP contribution in [0.15, 0.2) is 0 Å². The van der Waals surface area contributed by atoms with Crippen LogP contribution in [0.1, 0.15) is 19.3 Å². The van der Waals surface area contributed by atoms with Crippen LogP contribution in [0, 0.1) is 0 Å². The average molecular weight is 243 g/mol. The molecule has 0 spiro atoms. The lowest BCUT2D eigenvalue weighted by Gasteiger charge is -2.30. The van der Waals surface area contributed by atoms with Gasteiger partial charge < -0.3 is 15.3 Å². The first kappa shape index (κ1) is 13.8. The Kier molecular flexibility index (Phi) is 4.74. The molecule has 2 amide bonds. The first-order valence-electron chi connectivity index (χ1n) is 5.84. The molecule has 2 N–H and O–H groups in total. The summed E-state index contributed by atoms with van der Waals surface area (Å²) >= 11 is 0. The summed E-state index contributed by atoms with van der Waals surface area (Å²) in [4.78, 5) is 26.1. The van der Waals surface area contributed by atoms with E-state index in [0.29, 0.717) is 6.42 Å². The molecular weight excluding hydrogens is 222 g/mol. The molecule has 0 aromatic heterocycles. The number of likely N-dealkylation sites (N-methyl/N-ethyl adjacent to an activating group) is 1. The van der Waals surface area contributed by atoms with E-state index in [2.05, 4.69) is 5.32 Å². The lowest BCUT2D eigenvalue weighted by atomic mass is 10.0. The highest BCUT2D eigenvalue weighted by Gasteiger charge is 2.34. The summed E-state index contributed by atoms with van der Waals surface area (Å²) in [5.74, 6) is -0.876. The van der Waals surface area contributed by atoms with Gasteiger partial charge in [-0.3, -0.25) is 9.69 Å². The summed E-state index contributed by atoms with van der Waals surface area (Å²) < 4.78 is 0. The molecular formula is C11H21N3O3. The molecule has 0 aliphatic carbocycles. The van der Waals surface area contributed by atoms with Gasteiger partial charge in [0.2, 0.25) is 0 Å². The fourth-order valence-electron chi connectivity index (χ4n) is 2.13. The van der Waals surface area contributed by atoms with Crippen LogP contribution in [0.2, 0.25) is 0 Å². The van der Waals surface area contributed by atoms with E-state index in [0.717, 1.165) is 19.4 Å². The van der Waals surface area contributed by atoms with Crippen molar-refractivity contribution in [2.24, 2.45) is 0 Å². The van der Waals surface area contributed by atoms with Crippen molar-refractivity contribution < 1.29 is 14.7 Å². The van der Waals surface area contributed by atoms with Gasteiger partial charge >= 0.3 is 12.0 Å². The molecule has 1 fully saturated rings. The second-order valence-electron chi connectivity index (χ2n) is 4.71. The van der Waals surface area contributed by atoms with Crippen molar-refractivity contribution in [3.8, 4) is 0 Å². The van der Waals surface area contributed by atoms with Gasteiger partial charge in [0, 0.05) is 14.1 Å². The number of likely N-dealkylation sites (tertiary alicyclic amines) is 1. The predicted octanol–water partition coefficient (Wildman–Crippen LogP) is 0.195. The zero-order valence-corrected chi connectivity index (χ0v) is 10.6. The Morgan fingerprint density at radius 1 is 1.35 bits per heavy atom. The van der Waals surface area contributed by atoms with Crippen molar-refractivity contribution in [1.82, 2.24) is 15.1 Å². The number of hydrogen-bond donors (Lipinski definition) is 2. The number of nitrogens with one attached hydrogen (secondary N) is 1. The van der Waals surface area contributed by atoms with E-state index in [4.69, 9.17) is 0 Å². The highest BCUT2D eigenvalue weighted by Crippen LogP contribution is 2.16. The van der Waals surface area contributed by atoms with Crippen LogP contribution in [0.4, 0.5) is 4.79 Å². The molecule has 0 saturated carbocycles. The molecule has 1 heterocycles. The van der Waals surface area contributed by atoms with Gasteiger partial charge in [0.25, 0.3) is 0 Å². The first-order valence-corrected chi connectivity index (χ1v) is 5.84. The molecule has 0 bridgehead atoms. The quantitative estimate of drug-likeness (QED) is 0.726. The molecule has 2 atom stereocenters. The molecule has 1 aliphatic heterocycles. The second kappa shape index (κ2) is 5.86. The summed E-state index contributed by atoms with van der Waals surface area (Å²) in [5, 5.41) is 12.0. The standard InChI is InChI=1S/C11H21N3O3/c1-13(2)11(17)12-8-6-4-5-7-14(3)9(8)10(15)16/h8-9H,4-7H2,1-3H3,(H,12,17)(H,15,16). The minimum Gasteiger partial charge on any atom is -0.480 e. The van der Waals surface area contributed by atoms with Crippen molar-refractivity contribution in [1.29, 1.82) is 0 Å². The smallest absolute Gasteiger partial charge is 0.323 e. The Bertz CT molecular complexity index is 294. The zero-order chi connectivity index (χ0) is 13.0. The lowest BCUT2D eigenvalue weighted by molar-refractivity contribution is -0.143. The van der Waals surface area contributed by atoms with Crippen molar-refractivity contribution in [3.05, 3.63) is 0 Å². The van der Waals surface area contributed by atoms with Crippen LogP contribution in [-0.4, -0.2) is 66.7 Å². The van der Waals surface area contributed by atoms with E-state index < -0.39 is 12.0 Å². The molecule has 1 rings (SSSR count). The molecule has 0 aromatic rings. The number of nitrogens with zero attached hydrogens (tertiary/aromatic N) is 2. The van der Waals surface area contributed by atoms with Gasteiger partial charge in [-0.2, -0.15) is 0 Å². The van der Waals surface area contributed by atoms with Crippen LogP contribution >= 0.6 is 0 Å². The van der Waals surface area contributed by atoms with Gasteiger partial charge in [0.15, 0.2) is 0 Å². The lowest BCUT2D eigenvalue weighted by Crippen LogP contribution is -2.55. The summed E-state index contributed by atoms with van der Waals surface area (Å²) in [6.45, 7) is 0.755. The topological polar surface area (TPSA) is 72.9 Å². The summed E-state index contributed by atoms with van der Waals surface area (Å²) in [7, 11) is 5.08. The largest absolute Gasteiger partial charge is 0.480 e. The van der Waals surface area contributed by atoms with Gasteiger partial charge in [-0.1, -0.05) is 6.42 Å². The van der Waals surface area contributed by atoms with Gasteiger partial charge in [-0.15, -0.1) is 0 Å². The van der Waals surface area contributed by atoms with Crippen molar-refractivity contribution in [2.45, 2.75) is 31.3 Å². The van der Waals surface area contributed by atoms with E-state index in [1.165, 1.54) is 4.90 Å². The third-order valence-corrected chi connectivity index (χ3v) is 3.10. The van der Waals surface area contributed by atoms with E-state index in [-0.39, 0.29) is 12.1 Å². The van der Waals surface area contributed by atoms with Crippen LogP contribution in [-0.2, 0) is 4.79 Å². The van der Waals surface area contributed by atoms with Crippen molar-refractivity contribution >= 4 is 12.0 Å². The maximum atomic E-state index is 11.6. The Hall–Kier alpha value is -1.30. The third-order valence-electron chi connectivity index (χ3n) is 3.10. The number of carbonyl (C=O) groups excluding carboxylic acids is 1. The second-order valence-corrected chi connectivity index (χ2v) is 4.71. The molecule has 6 nitrogen and oxygen atoms in total. The van der Waals surface area contributed by atoms with Crippen molar-refractivity contribution in [2.75, 3.05) is 27.7 Å². The van der Waals surface area contributed by atoms with Gasteiger partial charge in [0.1, 0.15) is 6.04 Å². The molecule has 98 valence electrons. The number of aliphatic carboxylic acids is 1. The minimum atomic E-state index is -0.876. The Morgan fingerprint density at radius 3 is 2.53 bits per heavy atom. The molecule has 1 aliphatic rings. The van der Waals surface area contributed by atoms with Crippen LogP contribution in [0.3, 0.4) is 0 Å². The normalized spacial score (nSPS) is 26.1. The molecule has 1 saturated heterocycles. The van der Waals surface area contributed by atoms with Gasteiger partial charge in [0.05, 0.1) is 6.04 Å². The van der Waals surface area contributed by atoms with E-state index in [9.17, 15) is 14.7 Å². The van der Waals surface area contributed by atoms with Crippen molar-refractivity contribution in [3.63, 3.8) is 0 Å². The molecule has 2 unspecified atom stereocenters. The van der Waals surface area contributed by atoms with Gasteiger partial charge in [-0.05, 0) is 26.4 Å². The Balaban J connectivity index is 2.76. The average Bonchev–Trinajstić information content (AvgIpc) is 2.39. The number of urea groups is 1. The Morgan fingerprint density at radius 2 is 2.00 bits per heavy atom. The molecule has 0 aromatic carbocycles. The number of carbonyl (C=O) groups is 2. The van der Waals surface area contributed by atoms with Crippen LogP contribution in [0.25, 0.3) is 0 Å². The number of rotatable bonds is 2. The fourth-order valence-corrected chi connectivity index (χ4v) is 2.13.